The number of furan rings is 2. The maximum Gasteiger partial charge on any atom is 0.312 e. The summed E-state index contributed by atoms with van der Waals surface area (Å²) >= 11 is 0. The lowest BCUT2D eigenvalue weighted by Crippen LogP contribution is -2.51. The molecule has 1 aliphatic heterocycles. The summed E-state index contributed by atoms with van der Waals surface area (Å²) in [7, 11) is 0. The molecule has 9 rings (SSSR count). The van der Waals surface area contributed by atoms with Crippen LogP contribution in [0, 0.1) is 17.6 Å². The normalized spacial score (nSPS) is 14.5. The van der Waals surface area contributed by atoms with E-state index in [1.54, 1.807) is 31.2 Å². The Labute approximate surface area is 330 Å². The Bertz CT molecular complexity index is 2710. The first kappa shape index (κ1) is 36.3. The number of ether oxygens (including phenoxy) is 1. The predicted octanol–water partition coefficient (Wildman–Crippen LogP) is 12.3. The second-order valence-corrected chi connectivity index (χ2v) is 15.2. The lowest BCUT2D eigenvalue weighted by Gasteiger charge is -2.42. The van der Waals surface area contributed by atoms with E-state index in [1.165, 1.54) is 17.2 Å². The van der Waals surface area contributed by atoms with E-state index in [-0.39, 0.29) is 23.7 Å². The molecule has 57 heavy (non-hydrogen) atoms. The third-order valence-electron chi connectivity index (χ3n) is 11.2. The molecule has 0 saturated carbocycles. The first-order valence-electron chi connectivity index (χ1n) is 19.4. The Balaban J connectivity index is 0.798. The Morgan fingerprint density at radius 2 is 1.11 bits per heavy atom. The molecule has 2 aromatic heterocycles. The van der Waals surface area contributed by atoms with Crippen LogP contribution in [0.4, 0.5) is 8.78 Å². The topological polar surface area (TPSA) is 55.8 Å². The molecule has 8 aromatic rings. The van der Waals surface area contributed by atoms with Crippen LogP contribution in [0.3, 0.4) is 0 Å². The highest BCUT2D eigenvalue weighted by atomic mass is 19.1. The second-order valence-electron chi connectivity index (χ2n) is 15.2. The fraction of sp³-hybridized carbons (Fsp3) is 0.180. The number of hydrogen-bond donors (Lipinski definition) is 0. The van der Waals surface area contributed by atoms with E-state index in [2.05, 4.69) is 41.3 Å². The Kier molecular flexibility index (Phi) is 9.77. The molecule has 0 spiro atoms. The van der Waals surface area contributed by atoms with Crippen LogP contribution in [0.2, 0.25) is 0 Å². The number of fused-ring (bicyclic) bond motifs is 2. The molecule has 7 heteroatoms. The minimum Gasteiger partial charge on any atom is -0.457 e. The van der Waals surface area contributed by atoms with Gasteiger partial charge in [0.05, 0.1) is 17.0 Å². The van der Waals surface area contributed by atoms with Gasteiger partial charge >= 0.3 is 5.97 Å². The monoisotopic (exact) mass is 757 g/mol. The van der Waals surface area contributed by atoms with Crippen LogP contribution in [0.15, 0.2) is 154 Å². The number of halogens is 2. The SMILES string of the molecule is CC(OC(=O)C1CN(C(C)c2ccc(-c3cc4cc(Cc5ccccc5)ccc4o3)c(F)c2)C1)c1ccc(-c2cc3cc(Cc4ccccc4)ccc3o2)c(F)c1. The van der Waals surface area contributed by atoms with Crippen molar-refractivity contribution in [2.24, 2.45) is 5.92 Å². The summed E-state index contributed by atoms with van der Waals surface area (Å²) in [5, 5.41) is 1.84. The van der Waals surface area contributed by atoms with Gasteiger partial charge in [-0.05, 0) is 121 Å². The van der Waals surface area contributed by atoms with Crippen molar-refractivity contribution in [3.63, 3.8) is 0 Å². The smallest absolute Gasteiger partial charge is 0.312 e. The standard InChI is InChI=1S/C50H41F2NO4/c1-31(37-15-17-42(44(51)25-37)48-27-39-23-35(13-19-46(39)56-48)21-33-9-5-3-6-10-33)53-29-41(30-53)50(54)55-32(2)38-16-18-43(45(52)26-38)49-28-40-24-36(14-20-47(40)57-49)22-34-11-7-4-8-12-34/h3-20,23-28,31-32,41H,21-22,29-30H2,1-2H3. The van der Waals surface area contributed by atoms with Crippen molar-refractivity contribution in [3.8, 4) is 22.6 Å². The van der Waals surface area contributed by atoms with E-state index in [9.17, 15) is 4.79 Å². The molecule has 1 aliphatic rings. The van der Waals surface area contributed by atoms with Crippen LogP contribution in [0.5, 0.6) is 0 Å². The maximum atomic E-state index is 15.6. The lowest BCUT2D eigenvalue weighted by atomic mass is 9.94. The predicted molar refractivity (Wildman–Crippen MR) is 220 cm³/mol. The van der Waals surface area contributed by atoms with Crippen LogP contribution >= 0.6 is 0 Å². The van der Waals surface area contributed by atoms with E-state index in [1.807, 2.05) is 85.8 Å². The molecule has 3 heterocycles. The first-order chi connectivity index (χ1) is 27.7. The molecule has 6 aromatic carbocycles. The molecular weight excluding hydrogens is 717 g/mol. The van der Waals surface area contributed by atoms with Gasteiger partial charge in [-0.1, -0.05) is 84.9 Å². The average molecular weight is 758 g/mol. The summed E-state index contributed by atoms with van der Waals surface area (Å²) in [5.41, 5.74) is 8.27. The van der Waals surface area contributed by atoms with Crippen molar-refractivity contribution in [2.45, 2.75) is 38.8 Å². The van der Waals surface area contributed by atoms with Gasteiger partial charge in [-0.2, -0.15) is 0 Å². The van der Waals surface area contributed by atoms with Gasteiger partial charge < -0.3 is 13.6 Å². The number of rotatable bonds is 11. The van der Waals surface area contributed by atoms with Crippen molar-refractivity contribution >= 4 is 27.9 Å². The highest BCUT2D eigenvalue weighted by molar-refractivity contribution is 5.85. The maximum absolute atomic E-state index is 15.6. The molecule has 1 saturated heterocycles. The zero-order chi connectivity index (χ0) is 39.0. The van der Waals surface area contributed by atoms with Crippen molar-refractivity contribution in [1.29, 1.82) is 0 Å². The molecule has 0 bridgehead atoms. The molecule has 0 aliphatic carbocycles. The Morgan fingerprint density at radius 3 is 1.61 bits per heavy atom. The minimum atomic E-state index is -0.640. The summed E-state index contributed by atoms with van der Waals surface area (Å²) in [6.07, 6.45) is 0.965. The number of carbonyl (C=O) groups is 1. The van der Waals surface area contributed by atoms with Gasteiger partial charge in [-0.15, -0.1) is 0 Å². The molecule has 2 atom stereocenters. The highest BCUT2D eigenvalue weighted by Gasteiger charge is 2.37. The molecule has 1 fully saturated rings. The van der Waals surface area contributed by atoms with Gasteiger partial charge in [0.15, 0.2) is 0 Å². The zero-order valence-electron chi connectivity index (χ0n) is 31.8. The highest BCUT2D eigenvalue weighted by Crippen LogP contribution is 2.36. The lowest BCUT2D eigenvalue weighted by molar-refractivity contribution is -0.160. The van der Waals surface area contributed by atoms with E-state index >= 15 is 8.78 Å². The van der Waals surface area contributed by atoms with Gasteiger partial charge in [0.1, 0.15) is 40.4 Å². The van der Waals surface area contributed by atoms with Crippen LogP contribution in [0.1, 0.15) is 59.4 Å². The number of esters is 1. The third-order valence-corrected chi connectivity index (χ3v) is 11.2. The molecule has 0 radical (unpaired) electrons. The quantitative estimate of drug-likeness (QED) is 0.123. The summed E-state index contributed by atoms with van der Waals surface area (Å²) in [5.74, 6) is -0.549. The number of hydrogen-bond acceptors (Lipinski definition) is 5. The number of benzene rings is 6. The van der Waals surface area contributed by atoms with Gasteiger partial charge in [-0.3, -0.25) is 9.69 Å². The molecule has 5 nitrogen and oxygen atoms in total. The van der Waals surface area contributed by atoms with Crippen LogP contribution < -0.4 is 0 Å². The van der Waals surface area contributed by atoms with Gasteiger partial charge in [0.25, 0.3) is 0 Å². The fourth-order valence-corrected chi connectivity index (χ4v) is 7.84. The molecule has 2 unspecified atom stereocenters. The number of nitrogens with zero attached hydrogens (tertiary/aromatic N) is 1. The molecular formula is C50H41F2NO4. The zero-order valence-corrected chi connectivity index (χ0v) is 31.8. The Hall–Kier alpha value is -6.31. The van der Waals surface area contributed by atoms with Crippen molar-refractivity contribution in [3.05, 3.63) is 191 Å². The van der Waals surface area contributed by atoms with E-state index in [0.29, 0.717) is 52.5 Å². The van der Waals surface area contributed by atoms with Crippen LogP contribution in [0.25, 0.3) is 44.6 Å². The summed E-state index contributed by atoms with van der Waals surface area (Å²) < 4.78 is 49.0. The van der Waals surface area contributed by atoms with E-state index in [0.717, 1.165) is 40.3 Å². The van der Waals surface area contributed by atoms with Crippen molar-refractivity contribution in [2.75, 3.05) is 13.1 Å². The summed E-state index contributed by atoms with van der Waals surface area (Å²) in [6.45, 7) is 4.72. The first-order valence-corrected chi connectivity index (χ1v) is 19.4. The largest absolute Gasteiger partial charge is 0.457 e. The van der Waals surface area contributed by atoms with Gasteiger partial charge in [0, 0.05) is 29.9 Å². The number of carbonyl (C=O) groups excluding carboxylic acids is 1. The average Bonchev–Trinajstić information content (AvgIpc) is 3.82. The molecule has 284 valence electrons. The molecule has 0 N–H and O–H groups in total. The third kappa shape index (κ3) is 7.63. The second kappa shape index (κ2) is 15.3. The summed E-state index contributed by atoms with van der Waals surface area (Å²) in [6, 6.07) is 46.3. The Morgan fingerprint density at radius 1 is 0.614 bits per heavy atom. The fourth-order valence-electron chi connectivity index (χ4n) is 7.84. The van der Waals surface area contributed by atoms with Gasteiger partial charge in [-0.25, -0.2) is 8.78 Å². The summed E-state index contributed by atoms with van der Waals surface area (Å²) in [4.78, 5) is 15.3. The minimum absolute atomic E-state index is 0.110. The van der Waals surface area contributed by atoms with E-state index < -0.39 is 11.9 Å². The van der Waals surface area contributed by atoms with Gasteiger partial charge in [0.2, 0.25) is 0 Å². The number of likely N-dealkylation sites (tertiary alicyclic amines) is 1. The van der Waals surface area contributed by atoms with E-state index in [4.69, 9.17) is 13.6 Å². The van der Waals surface area contributed by atoms with Crippen molar-refractivity contribution in [1.82, 2.24) is 4.90 Å². The van der Waals surface area contributed by atoms with Crippen LogP contribution in [-0.4, -0.2) is 24.0 Å². The molecule has 0 amide bonds. The van der Waals surface area contributed by atoms with Crippen molar-refractivity contribution < 1.29 is 27.1 Å². The van der Waals surface area contributed by atoms with Crippen LogP contribution in [-0.2, 0) is 22.4 Å².